The molecule has 1 atom stereocenters. The SMILES string of the molecule is COCCCC(N)C(=O)Cc1ccc(F)cc1F. The van der Waals surface area contributed by atoms with Crippen molar-refractivity contribution in [2.24, 2.45) is 5.73 Å². The number of methoxy groups -OCH3 is 1. The highest BCUT2D eigenvalue weighted by atomic mass is 19.1. The molecule has 5 heteroatoms. The van der Waals surface area contributed by atoms with Crippen molar-refractivity contribution in [3.63, 3.8) is 0 Å². The van der Waals surface area contributed by atoms with Crippen molar-refractivity contribution >= 4 is 5.78 Å². The molecule has 3 nitrogen and oxygen atoms in total. The van der Waals surface area contributed by atoms with Gasteiger partial charge in [0.15, 0.2) is 5.78 Å². The fourth-order valence-electron chi connectivity index (χ4n) is 1.59. The summed E-state index contributed by atoms with van der Waals surface area (Å²) < 4.78 is 30.9. The van der Waals surface area contributed by atoms with Crippen molar-refractivity contribution in [1.29, 1.82) is 0 Å². The normalized spacial score (nSPS) is 12.4. The molecular formula is C13H17F2NO2. The fraction of sp³-hybridized carbons (Fsp3) is 0.462. The Kier molecular flexibility index (Phi) is 5.88. The van der Waals surface area contributed by atoms with Crippen LogP contribution in [0.1, 0.15) is 18.4 Å². The Bertz CT molecular complexity index is 410. The zero-order valence-corrected chi connectivity index (χ0v) is 10.3. The molecule has 0 radical (unpaired) electrons. The molecule has 2 N–H and O–H groups in total. The van der Waals surface area contributed by atoms with Crippen molar-refractivity contribution in [1.82, 2.24) is 0 Å². The zero-order chi connectivity index (χ0) is 13.5. The summed E-state index contributed by atoms with van der Waals surface area (Å²) in [4.78, 5) is 11.7. The number of ether oxygens (including phenoxy) is 1. The van der Waals surface area contributed by atoms with Crippen LogP contribution in [0.5, 0.6) is 0 Å². The maximum absolute atomic E-state index is 13.3. The fourth-order valence-corrected chi connectivity index (χ4v) is 1.59. The molecule has 18 heavy (non-hydrogen) atoms. The third-order valence-corrected chi connectivity index (χ3v) is 2.66. The second-order valence-electron chi connectivity index (χ2n) is 4.12. The van der Waals surface area contributed by atoms with Crippen LogP contribution in [0.4, 0.5) is 8.78 Å². The van der Waals surface area contributed by atoms with E-state index < -0.39 is 17.7 Å². The number of ketones is 1. The Labute approximate surface area is 105 Å². The lowest BCUT2D eigenvalue weighted by molar-refractivity contribution is -0.119. The molecule has 0 fully saturated rings. The number of hydrogen-bond acceptors (Lipinski definition) is 3. The van der Waals surface area contributed by atoms with E-state index >= 15 is 0 Å². The number of carbonyl (C=O) groups is 1. The molecule has 0 saturated carbocycles. The maximum Gasteiger partial charge on any atom is 0.153 e. The first-order valence-corrected chi connectivity index (χ1v) is 5.75. The van der Waals surface area contributed by atoms with Gasteiger partial charge in [-0.1, -0.05) is 6.07 Å². The lowest BCUT2D eigenvalue weighted by atomic mass is 10.0. The summed E-state index contributed by atoms with van der Waals surface area (Å²) in [7, 11) is 1.57. The molecule has 0 aliphatic carbocycles. The number of carbonyl (C=O) groups excluding carboxylic acids is 1. The largest absolute Gasteiger partial charge is 0.385 e. The molecular weight excluding hydrogens is 240 g/mol. The van der Waals surface area contributed by atoms with Crippen LogP contribution < -0.4 is 5.73 Å². The summed E-state index contributed by atoms with van der Waals surface area (Å²) in [5.74, 6) is -1.63. The summed E-state index contributed by atoms with van der Waals surface area (Å²) >= 11 is 0. The van der Waals surface area contributed by atoms with Gasteiger partial charge in [0.1, 0.15) is 11.6 Å². The molecule has 0 bridgehead atoms. The first kappa shape index (κ1) is 14.7. The summed E-state index contributed by atoms with van der Waals surface area (Å²) in [5, 5.41) is 0. The third-order valence-electron chi connectivity index (χ3n) is 2.66. The lowest BCUT2D eigenvalue weighted by Crippen LogP contribution is -2.32. The summed E-state index contributed by atoms with van der Waals surface area (Å²) in [5.41, 5.74) is 5.85. The number of hydrogen-bond donors (Lipinski definition) is 1. The van der Waals surface area contributed by atoms with Crippen LogP contribution in [0.2, 0.25) is 0 Å². The van der Waals surface area contributed by atoms with E-state index in [9.17, 15) is 13.6 Å². The second kappa shape index (κ2) is 7.18. The van der Waals surface area contributed by atoms with Crippen molar-refractivity contribution < 1.29 is 18.3 Å². The Morgan fingerprint density at radius 3 is 2.78 bits per heavy atom. The minimum atomic E-state index is -0.715. The summed E-state index contributed by atoms with van der Waals surface area (Å²) in [6.07, 6.45) is 1.06. The number of benzene rings is 1. The Balaban J connectivity index is 2.53. The van der Waals surface area contributed by atoms with Crippen LogP contribution in [0.15, 0.2) is 18.2 Å². The molecule has 1 rings (SSSR count). The molecule has 0 spiro atoms. The van der Waals surface area contributed by atoms with Gasteiger partial charge in [0.05, 0.1) is 6.04 Å². The van der Waals surface area contributed by atoms with Gasteiger partial charge in [-0.2, -0.15) is 0 Å². The Hall–Kier alpha value is -1.33. The average molecular weight is 257 g/mol. The molecule has 0 aliphatic rings. The molecule has 0 heterocycles. The van der Waals surface area contributed by atoms with Crippen LogP contribution in [-0.2, 0) is 16.0 Å². The van der Waals surface area contributed by atoms with E-state index in [0.717, 1.165) is 12.1 Å². The molecule has 0 saturated heterocycles. The highest BCUT2D eigenvalue weighted by molar-refractivity contribution is 5.85. The number of nitrogens with two attached hydrogens (primary N) is 1. The van der Waals surface area contributed by atoms with Gasteiger partial charge in [0.2, 0.25) is 0 Å². The first-order valence-electron chi connectivity index (χ1n) is 5.75. The van der Waals surface area contributed by atoms with Crippen molar-refractivity contribution in [3.05, 3.63) is 35.4 Å². The zero-order valence-electron chi connectivity index (χ0n) is 10.3. The molecule has 0 amide bonds. The standard InChI is InChI=1S/C13H17F2NO2/c1-18-6-2-3-12(16)13(17)7-9-4-5-10(14)8-11(9)15/h4-5,8,12H,2-3,6-7,16H2,1H3. The summed E-state index contributed by atoms with van der Waals surface area (Å²) in [6, 6.07) is 2.52. The molecule has 1 unspecified atom stereocenters. The smallest absolute Gasteiger partial charge is 0.153 e. The van der Waals surface area contributed by atoms with Gasteiger partial charge in [-0.05, 0) is 24.5 Å². The molecule has 0 aromatic heterocycles. The van der Waals surface area contributed by atoms with Crippen molar-refractivity contribution in [2.45, 2.75) is 25.3 Å². The predicted molar refractivity (Wildman–Crippen MR) is 64.2 cm³/mol. The van der Waals surface area contributed by atoms with Crippen LogP contribution in [0.3, 0.4) is 0 Å². The second-order valence-corrected chi connectivity index (χ2v) is 4.12. The van der Waals surface area contributed by atoms with E-state index in [1.54, 1.807) is 7.11 Å². The van der Waals surface area contributed by atoms with Gasteiger partial charge >= 0.3 is 0 Å². The van der Waals surface area contributed by atoms with E-state index in [-0.39, 0.29) is 17.8 Å². The van der Waals surface area contributed by atoms with E-state index in [0.29, 0.717) is 19.4 Å². The highest BCUT2D eigenvalue weighted by Crippen LogP contribution is 2.11. The van der Waals surface area contributed by atoms with E-state index in [1.165, 1.54) is 6.07 Å². The van der Waals surface area contributed by atoms with Crippen LogP contribution >= 0.6 is 0 Å². The Morgan fingerprint density at radius 1 is 1.44 bits per heavy atom. The monoisotopic (exact) mass is 257 g/mol. The summed E-state index contributed by atoms with van der Waals surface area (Å²) in [6.45, 7) is 0.534. The van der Waals surface area contributed by atoms with Crippen LogP contribution in [0, 0.1) is 11.6 Å². The van der Waals surface area contributed by atoms with Crippen LogP contribution in [-0.4, -0.2) is 25.5 Å². The minimum absolute atomic E-state index is 0.111. The predicted octanol–water partition coefficient (Wildman–Crippen LogP) is 1.83. The van der Waals surface area contributed by atoms with E-state index in [1.807, 2.05) is 0 Å². The van der Waals surface area contributed by atoms with Crippen molar-refractivity contribution in [2.75, 3.05) is 13.7 Å². The Morgan fingerprint density at radius 2 is 2.17 bits per heavy atom. The van der Waals surface area contributed by atoms with E-state index in [2.05, 4.69) is 0 Å². The quantitative estimate of drug-likeness (QED) is 0.758. The van der Waals surface area contributed by atoms with Gasteiger partial charge < -0.3 is 10.5 Å². The van der Waals surface area contributed by atoms with Gasteiger partial charge in [-0.25, -0.2) is 8.78 Å². The van der Waals surface area contributed by atoms with Gasteiger partial charge in [-0.3, -0.25) is 4.79 Å². The topological polar surface area (TPSA) is 52.3 Å². The van der Waals surface area contributed by atoms with E-state index in [4.69, 9.17) is 10.5 Å². The van der Waals surface area contributed by atoms with Gasteiger partial charge in [0, 0.05) is 26.2 Å². The number of Topliss-reactive ketones (excluding diaryl/α,β-unsaturated/α-hetero) is 1. The lowest BCUT2D eigenvalue weighted by Gasteiger charge is -2.10. The number of halogens is 2. The molecule has 0 aliphatic heterocycles. The van der Waals surface area contributed by atoms with Crippen LogP contribution in [0.25, 0.3) is 0 Å². The van der Waals surface area contributed by atoms with Crippen molar-refractivity contribution in [3.8, 4) is 0 Å². The third kappa shape index (κ3) is 4.50. The van der Waals surface area contributed by atoms with Gasteiger partial charge in [0.25, 0.3) is 0 Å². The maximum atomic E-state index is 13.3. The molecule has 1 aromatic rings. The molecule has 100 valence electrons. The minimum Gasteiger partial charge on any atom is -0.385 e. The van der Waals surface area contributed by atoms with Gasteiger partial charge in [-0.15, -0.1) is 0 Å². The highest BCUT2D eigenvalue weighted by Gasteiger charge is 2.15. The molecule has 1 aromatic carbocycles. The first-order chi connectivity index (χ1) is 8.54. The average Bonchev–Trinajstić information content (AvgIpc) is 2.32. The number of rotatable bonds is 7.